The molecule has 3 aromatic rings. The number of nitrogens with zero attached hydrogens (tertiary/aromatic N) is 2. The highest BCUT2D eigenvalue weighted by atomic mass is 19.1. The number of benzene rings is 2. The molecule has 1 fully saturated rings. The van der Waals surface area contributed by atoms with Crippen molar-refractivity contribution >= 4 is 11.5 Å². The van der Waals surface area contributed by atoms with Crippen molar-refractivity contribution in [3.05, 3.63) is 77.9 Å². The first-order chi connectivity index (χ1) is 17.0. The zero-order valence-corrected chi connectivity index (χ0v) is 20.8. The highest BCUT2D eigenvalue weighted by Crippen LogP contribution is 2.25. The summed E-state index contributed by atoms with van der Waals surface area (Å²) in [5.74, 6) is 0.628. The minimum atomic E-state index is -0.338. The molecule has 0 amide bonds. The highest BCUT2D eigenvalue weighted by molar-refractivity contribution is 5.80. The molecule has 2 aromatic carbocycles. The fraction of sp³-hybridized carbons (Fsp3) is 0.400. The standard InChI is InChI=1S/C30H35FN2O2/c1-22(2)21-35-30-17-23(16-26(31)18-30)6-13-29(34)19-27-10-7-25(20-32-27)24-8-11-28(12-9-24)33-14-4-3-5-15-33/h7-12,16-18,20,22H,3-6,13-15,19,21H2,1-2H3. The van der Waals surface area contributed by atoms with E-state index < -0.39 is 0 Å². The number of anilines is 1. The van der Waals surface area contributed by atoms with Crippen LogP contribution < -0.4 is 9.64 Å². The number of ketones is 1. The van der Waals surface area contributed by atoms with Crippen molar-refractivity contribution in [3.63, 3.8) is 0 Å². The van der Waals surface area contributed by atoms with Gasteiger partial charge >= 0.3 is 0 Å². The van der Waals surface area contributed by atoms with E-state index >= 15 is 0 Å². The first-order valence-corrected chi connectivity index (χ1v) is 12.7. The maximum Gasteiger partial charge on any atom is 0.139 e. The Labute approximate surface area is 208 Å². The average Bonchev–Trinajstić information content (AvgIpc) is 2.87. The van der Waals surface area contributed by atoms with Crippen LogP contribution in [0.2, 0.25) is 0 Å². The summed E-state index contributed by atoms with van der Waals surface area (Å²) in [6.45, 7) is 6.90. The smallest absolute Gasteiger partial charge is 0.139 e. The first-order valence-electron chi connectivity index (χ1n) is 12.7. The minimum Gasteiger partial charge on any atom is -0.493 e. The van der Waals surface area contributed by atoms with Gasteiger partial charge in [-0.25, -0.2) is 4.39 Å². The van der Waals surface area contributed by atoms with Crippen molar-refractivity contribution in [3.8, 4) is 16.9 Å². The maximum absolute atomic E-state index is 13.9. The van der Waals surface area contributed by atoms with Crippen LogP contribution in [0.4, 0.5) is 10.1 Å². The van der Waals surface area contributed by atoms with E-state index in [9.17, 15) is 9.18 Å². The molecule has 0 aliphatic carbocycles. The molecule has 1 saturated heterocycles. The molecule has 0 unspecified atom stereocenters. The van der Waals surface area contributed by atoms with Crippen LogP contribution in [0.5, 0.6) is 5.75 Å². The SMILES string of the molecule is CC(C)COc1cc(F)cc(CCC(=O)Cc2ccc(-c3ccc(N4CCCCC4)cc3)cn2)c1. The largest absolute Gasteiger partial charge is 0.493 e. The van der Waals surface area contributed by atoms with Gasteiger partial charge in [0.15, 0.2) is 0 Å². The second-order valence-electron chi connectivity index (χ2n) is 9.85. The Bertz CT molecular complexity index is 1100. The quantitative estimate of drug-likeness (QED) is 0.330. The number of carbonyl (C=O) groups is 1. The molecule has 0 N–H and O–H groups in total. The molecule has 184 valence electrons. The van der Waals surface area contributed by atoms with Gasteiger partial charge in [-0.1, -0.05) is 32.0 Å². The molecule has 1 aliphatic rings. The van der Waals surface area contributed by atoms with Gasteiger partial charge in [0.25, 0.3) is 0 Å². The molecule has 4 nitrogen and oxygen atoms in total. The number of Topliss-reactive ketones (excluding diaryl/α,β-unsaturated/α-hetero) is 1. The third-order valence-corrected chi connectivity index (χ3v) is 6.33. The van der Waals surface area contributed by atoms with E-state index in [4.69, 9.17) is 4.74 Å². The molecule has 0 saturated carbocycles. The number of hydrogen-bond donors (Lipinski definition) is 0. The third-order valence-electron chi connectivity index (χ3n) is 6.33. The van der Waals surface area contributed by atoms with Crippen molar-refractivity contribution in [2.75, 3.05) is 24.6 Å². The van der Waals surface area contributed by atoms with Crippen molar-refractivity contribution in [2.45, 2.75) is 52.4 Å². The second-order valence-corrected chi connectivity index (χ2v) is 9.85. The molecule has 0 atom stereocenters. The summed E-state index contributed by atoms with van der Waals surface area (Å²) < 4.78 is 19.6. The Morgan fingerprint density at radius 2 is 1.74 bits per heavy atom. The van der Waals surface area contributed by atoms with Crippen LogP contribution >= 0.6 is 0 Å². The summed E-state index contributed by atoms with van der Waals surface area (Å²) in [6.07, 6.45) is 6.80. The lowest BCUT2D eigenvalue weighted by Gasteiger charge is -2.28. The van der Waals surface area contributed by atoms with E-state index in [1.54, 1.807) is 0 Å². The highest BCUT2D eigenvalue weighted by Gasteiger charge is 2.12. The number of ether oxygens (including phenoxy) is 1. The number of hydrogen-bond acceptors (Lipinski definition) is 4. The molecular weight excluding hydrogens is 439 g/mol. The number of piperidine rings is 1. The van der Waals surface area contributed by atoms with Crippen LogP contribution in [-0.4, -0.2) is 30.5 Å². The van der Waals surface area contributed by atoms with Crippen LogP contribution in [-0.2, 0) is 17.6 Å². The van der Waals surface area contributed by atoms with E-state index in [2.05, 4.69) is 34.1 Å². The number of pyridine rings is 1. The van der Waals surface area contributed by atoms with Gasteiger partial charge < -0.3 is 9.64 Å². The van der Waals surface area contributed by atoms with Crippen LogP contribution in [0.1, 0.15) is 50.8 Å². The molecule has 4 rings (SSSR count). The van der Waals surface area contributed by atoms with E-state index in [-0.39, 0.29) is 18.0 Å². The number of halogens is 1. The van der Waals surface area contributed by atoms with Crippen LogP contribution in [0.25, 0.3) is 11.1 Å². The summed E-state index contributed by atoms with van der Waals surface area (Å²) in [7, 11) is 0. The third kappa shape index (κ3) is 7.38. The van der Waals surface area contributed by atoms with E-state index in [0.717, 1.165) is 35.5 Å². The van der Waals surface area contributed by atoms with Gasteiger partial charge in [-0.2, -0.15) is 0 Å². The van der Waals surface area contributed by atoms with Gasteiger partial charge in [-0.05, 0) is 73.1 Å². The zero-order valence-electron chi connectivity index (χ0n) is 20.8. The second kappa shape index (κ2) is 12.0. The lowest BCUT2D eigenvalue weighted by molar-refractivity contribution is -0.118. The maximum atomic E-state index is 13.9. The topological polar surface area (TPSA) is 42.4 Å². The molecule has 5 heteroatoms. The average molecular weight is 475 g/mol. The van der Waals surface area contributed by atoms with Crippen molar-refractivity contribution in [1.82, 2.24) is 4.98 Å². The Morgan fingerprint density at radius 3 is 2.43 bits per heavy atom. The van der Waals surface area contributed by atoms with Gasteiger partial charge in [0.1, 0.15) is 17.3 Å². The minimum absolute atomic E-state index is 0.0880. The van der Waals surface area contributed by atoms with Gasteiger partial charge in [-0.15, -0.1) is 0 Å². The summed E-state index contributed by atoms with van der Waals surface area (Å²) in [6, 6.07) is 17.3. The normalized spacial score (nSPS) is 13.8. The van der Waals surface area contributed by atoms with E-state index in [1.165, 1.54) is 37.1 Å². The monoisotopic (exact) mass is 474 g/mol. The fourth-order valence-corrected chi connectivity index (χ4v) is 4.40. The van der Waals surface area contributed by atoms with Gasteiger partial charge in [0.2, 0.25) is 0 Å². The van der Waals surface area contributed by atoms with Crippen LogP contribution in [0.3, 0.4) is 0 Å². The summed E-state index contributed by atoms with van der Waals surface area (Å²) in [5, 5.41) is 0. The molecule has 2 heterocycles. The Kier molecular flexibility index (Phi) is 8.51. The van der Waals surface area contributed by atoms with Crippen molar-refractivity contribution in [1.29, 1.82) is 0 Å². The van der Waals surface area contributed by atoms with E-state index in [1.807, 2.05) is 38.2 Å². The summed E-state index contributed by atoms with van der Waals surface area (Å²) in [5.41, 5.74) is 4.97. The van der Waals surface area contributed by atoms with Crippen molar-refractivity contribution in [2.24, 2.45) is 5.92 Å². The zero-order chi connectivity index (χ0) is 24.6. The van der Waals surface area contributed by atoms with Gasteiger partial charge in [0.05, 0.1) is 6.61 Å². The first kappa shape index (κ1) is 24.9. The molecule has 35 heavy (non-hydrogen) atoms. The van der Waals surface area contributed by atoms with Crippen LogP contribution in [0.15, 0.2) is 60.8 Å². The lowest BCUT2D eigenvalue weighted by atomic mass is 10.0. The van der Waals surface area contributed by atoms with E-state index in [0.29, 0.717) is 31.1 Å². The Morgan fingerprint density at radius 1 is 1.00 bits per heavy atom. The molecule has 0 radical (unpaired) electrons. The molecule has 1 aliphatic heterocycles. The number of aromatic nitrogens is 1. The number of aryl methyl sites for hydroxylation is 1. The van der Waals surface area contributed by atoms with Crippen LogP contribution in [0, 0.1) is 11.7 Å². The van der Waals surface area contributed by atoms with Crippen molar-refractivity contribution < 1.29 is 13.9 Å². The fourth-order valence-electron chi connectivity index (χ4n) is 4.40. The predicted octanol–water partition coefficient (Wildman–Crippen LogP) is 6.66. The molecular formula is C30H35FN2O2. The summed E-state index contributed by atoms with van der Waals surface area (Å²) >= 11 is 0. The lowest BCUT2D eigenvalue weighted by Crippen LogP contribution is -2.29. The van der Waals surface area contributed by atoms with Gasteiger partial charge in [-0.3, -0.25) is 9.78 Å². The Hall–Kier alpha value is -3.21. The molecule has 0 spiro atoms. The number of carbonyl (C=O) groups excluding carboxylic acids is 1. The molecule has 0 bridgehead atoms. The predicted molar refractivity (Wildman–Crippen MR) is 140 cm³/mol. The van der Waals surface area contributed by atoms with Gasteiger partial charge in [0, 0.05) is 55.1 Å². The summed E-state index contributed by atoms with van der Waals surface area (Å²) in [4.78, 5) is 19.5. The molecule has 1 aromatic heterocycles. The Balaban J connectivity index is 1.30. The number of rotatable bonds is 10.